The van der Waals surface area contributed by atoms with E-state index in [0.29, 0.717) is 5.92 Å². The molecule has 3 rings (SSSR count). The molecule has 0 bridgehead atoms. The van der Waals surface area contributed by atoms with E-state index in [0.717, 1.165) is 17.7 Å². The SMILES string of the molecule is COc1cccc(C2CC2C(=O)c2ccccc2)c1. The van der Waals surface area contributed by atoms with E-state index in [1.165, 1.54) is 5.56 Å². The van der Waals surface area contributed by atoms with Crippen LogP contribution in [0.2, 0.25) is 0 Å². The summed E-state index contributed by atoms with van der Waals surface area (Å²) in [4.78, 5) is 12.3. The van der Waals surface area contributed by atoms with E-state index in [-0.39, 0.29) is 11.7 Å². The Morgan fingerprint density at radius 3 is 2.63 bits per heavy atom. The van der Waals surface area contributed by atoms with Crippen molar-refractivity contribution in [3.05, 3.63) is 65.7 Å². The Kier molecular flexibility index (Phi) is 3.08. The van der Waals surface area contributed by atoms with Crippen molar-refractivity contribution >= 4 is 5.78 Å². The van der Waals surface area contributed by atoms with Crippen molar-refractivity contribution < 1.29 is 9.53 Å². The third kappa shape index (κ3) is 2.39. The van der Waals surface area contributed by atoms with E-state index in [9.17, 15) is 4.79 Å². The third-order valence-electron chi connectivity index (χ3n) is 3.71. The largest absolute Gasteiger partial charge is 0.497 e. The molecular weight excluding hydrogens is 236 g/mol. The highest BCUT2D eigenvalue weighted by Crippen LogP contribution is 2.49. The lowest BCUT2D eigenvalue weighted by Crippen LogP contribution is -2.02. The van der Waals surface area contributed by atoms with E-state index in [1.807, 2.05) is 48.5 Å². The molecule has 0 radical (unpaired) electrons. The maximum Gasteiger partial charge on any atom is 0.166 e. The Morgan fingerprint density at radius 2 is 1.89 bits per heavy atom. The second-order valence-electron chi connectivity index (χ2n) is 4.96. The van der Waals surface area contributed by atoms with Gasteiger partial charge in [0, 0.05) is 11.5 Å². The van der Waals surface area contributed by atoms with E-state index < -0.39 is 0 Å². The molecule has 1 fully saturated rings. The van der Waals surface area contributed by atoms with Gasteiger partial charge in [-0.3, -0.25) is 4.79 Å². The predicted octanol–water partition coefficient (Wildman–Crippen LogP) is 3.68. The lowest BCUT2D eigenvalue weighted by atomic mass is 10.0. The Labute approximate surface area is 113 Å². The van der Waals surface area contributed by atoms with E-state index in [2.05, 4.69) is 6.07 Å². The molecule has 19 heavy (non-hydrogen) atoms. The smallest absolute Gasteiger partial charge is 0.166 e. The van der Waals surface area contributed by atoms with Crippen molar-refractivity contribution in [2.24, 2.45) is 5.92 Å². The Balaban J connectivity index is 1.76. The minimum Gasteiger partial charge on any atom is -0.497 e. The molecule has 0 spiro atoms. The van der Waals surface area contributed by atoms with Crippen LogP contribution in [0.25, 0.3) is 0 Å². The predicted molar refractivity (Wildman–Crippen MR) is 74.6 cm³/mol. The van der Waals surface area contributed by atoms with Crippen LogP contribution in [0.15, 0.2) is 54.6 Å². The number of rotatable bonds is 4. The van der Waals surface area contributed by atoms with Crippen molar-refractivity contribution in [1.29, 1.82) is 0 Å². The maximum absolute atomic E-state index is 12.3. The number of benzene rings is 2. The average molecular weight is 252 g/mol. The zero-order valence-electron chi connectivity index (χ0n) is 10.9. The van der Waals surface area contributed by atoms with Crippen LogP contribution < -0.4 is 4.74 Å². The first-order valence-corrected chi connectivity index (χ1v) is 6.53. The van der Waals surface area contributed by atoms with Gasteiger partial charge in [0.05, 0.1) is 7.11 Å². The van der Waals surface area contributed by atoms with E-state index >= 15 is 0 Å². The second kappa shape index (κ2) is 4.88. The minimum absolute atomic E-state index is 0.134. The van der Waals surface area contributed by atoms with Crippen LogP contribution in [-0.2, 0) is 0 Å². The van der Waals surface area contributed by atoms with Crippen LogP contribution in [0.4, 0.5) is 0 Å². The number of hydrogen-bond acceptors (Lipinski definition) is 2. The van der Waals surface area contributed by atoms with E-state index in [4.69, 9.17) is 4.74 Å². The summed E-state index contributed by atoms with van der Waals surface area (Å²) in [5.74, 6) is 1.60. The van der Waals surface area contributed by atoms with Crippen LogP contribution in [0.1, 0.15) is 28.3 Å². The van der Waals surface area contributed by atoms with Gasteiger partial charge in [-0.25, -0.2) is 0 Å². The van der Waals surface area contributed by atoms with Crippen molar-refractivity contribution in [3.8, 4) is 5.75 Å². The lowest BCUT2D eigenvalue weighted by molar-refractivity contribution is 0.0965. The number of Topliss-reactive ketones (excluding diaryl/α,β-unsaturated/α-hetero) is 1. The molecule has 2 aromatic rings. The van der Waals surface area contributed by atoms with Gasteiger partial charge >= 0.3 is 0 Å². The van der Waals surface area contributed by atoms with Crippen LogP contribution in [0, 0.1) is 5.92 Å². The standard InChI is InChI=1S/C17H16O2/c1-19-14-9-5-8-13(10-14)15-11-16(15)17(18)12-6-3-2-4-7-12/h2-10,15-16H,11H2,1H3. The molecule has 0 heterocycles. The summed E-state index contributed by atoms with van der Waals surface area (Å²) in [6, 6.07) is 17.6. The van der Waals surface area contributed by atoms with Gasteiger partial charge in [0.2, 0.25) is 0 Å². The first-order valence-electron chi connectivity index (χ1n) is 6.53. The van der Waals surface area contributed by atoms with Crippen LogP contribution in [0.5, 0.6) is 5.75 Å². The van der Waals surface area contributed by atoms with E-state index in [1.54, 1.807) is 7.11 Å². The molecule has 0 aromatic heterocycles. The van der Waals surface area contributed by atoms with Crippen LogP contribution in [0.3, 0.4) is 0 Å². The highest BCUT2D eigenvalue weighted by Gasteiger charge is 2.43. The highest BCUT2D eigenvalue weighted by molar-refractivity contribution is 6.00. The summed E-state index contributed by atoms with van der Waals surface area (Å²) in [7, 11) is 1.67. The summed E-state index contributed by atoms with van der Waals surface area (Å²) < 4.78 is 5.23. The average Bonchev–Trinajstić information content (AvgIpc) is 3.28. The van der Waals surface area contributed by atoms with Gasteiger partial charge in [0.15, 0.2) is 5.78 Å². The first kappa shape index (κ1) is 12.0. The summed E-state index contributed by atoms with van der Waals surface area (Å²) in [5.41, 5.74) is 2.02. The van der Waals surface area contributed by atoms with Gasteiger partial charge in [-0.15, -0.1) is 0 Å². The lowest BCUT2D eigenvalue weighted by Gasteiger charge is -2.04. The van der Waals surface area contributed by atoms with Gasteiger partial charge in [-0.2, -0.15) is 0 Å². The monoisotopic (exact) mass is 252 g/mol. The number of ketones is 1. The van der Waals surface area contributed by atoms with Gasteiger partial charge in [-0.05, 0) is 30.0 Å². The number of carbonyl (C=O) groups is 1. The molecule has 96 valence electrons. The van der Waals surface area contributed by atoms with Crippen molar-refractivity contribution in [3.63, 3.8) is 0 Å². The molecule has 0 N–H and O–H groups in total. The number of carbonyl (C=O) groups excluding carboxylic acids is 1. The van der Waals surface area contributed by atoms with Crippen LogP contribution >= 0.6 is 0 Å². The highest BCUT2D eigenvalue weighted by atomic mass is 16.5. The molecule has 0 saturated heterocycles. The molecule has 2 atom stereocenters. The van der Waals surface area contributed by atoms with Gasteiger partial charge in [-0.1, -0.05) is 42.5 Å². The van der Waals surface area contributed by atoms with Gasteiger partial charge in [0.25, 0.3) is 0 Å². The molecule has 1 aliphatic rings. The van der Waals surface area contributed by atoms with Crippen molar-refractivity contribution in [2.45, 2.75) is 12.3 Å². The van der Waals surface area contributed by atoms with Gasteiger partial charge in [0.1, 0.15) is 5.75 Å². The number of methoxy groups -OCH3 is 1. The number of hydrogen-bond donors (Lipinski definition) is 0. The maximum atomic E-state index is 12.3. The Morgan fingerprint density at radius 1 is 1.11 bits per heavy atom. The summed E-state index contributed by atoms with van der Waals surface area (Å²) >= 11 is 0. The minimum atomic E-state index is 0.134. The molecule has 0 aliphatic heterocycles. The summed E-state index contributed by atoms with van der Waals surface area (Å²) in [6.45, 7) is 0. The molecule has 2 nitrogen and oxygen atoms in total. The summed E-state index contributed by atoms with van der Waals surface area (Å²) in [6.07, 6.45) is 0.945. The Hall–Kier alpha value is -2.09. The van der Waals surface area contributed by atoms with Crippen LogP contribution in [-0.4, -0.2) is 12.9 Å². The first-order chi connectivity index (χ1) is 9.29. The molecule has 2 aromatic carbocycles. The molecule has 2 heteroatoms. The quantitative estimate of drug-likeness (QED) is 0.776. The third-order valence-corrected chi connectivity index (χ3v) is 3.71. The fraction of sp³-hybridized carbons (Fsp3) is 0.235. The van der Waals surface area contributed by atoms with Crippen molar-refractivity contribution in [2.75, 3.05) is 7.11 Å². The molecule has 0 amide bonds. The normalized spacial score (nSPS) is 20.9. The Bertz CT molecular complexity index is 589. The number of ether oxygens (including phenoxy) is 1. The molecular formula is C17H16O2. The fourth-order valence-electron chi connectivity index (χ4n) is 2.54. The topological polar surface area (TPSA) is 26.3 Å². The zero-order valence-corrected chi connectivity index (χ0v) is 10.9. The van der Waals surface area contributed by atoms with Gasteiger partial charge < -0.3 is 4.74 Å². The second-order valence-corrected chi connectivity index (χ2v) is 4.96. The summed E-state index contributed by atoms with van der Waals surface area (Å²) in [5, 5.41) is 0. The molecule has 1 aliphatic carbocycles. The zero-order chi connectivity index (χ0) is 13.2. The fourth-order valence-corrected chi connectivity index (χ4v) is 2.54. The molecule has 1 saturated carbocycles. The molecule has 2 unspecified atom stereocenters. The van der Waals surface area contributed by atoms with Crippen molar-refractivity contribution in [1.82, 2.24) is 0 Å².